The van der Waals surface area contributed by atoms with Gasteiger partial charge in [-0.05, 0) is 32.6 Å². The molecule has 0 bridgehead atoms. The summed E-state index contributed by atoms with van der Waals surface area (Å²) >= 11 is 0. The van der Waals surface area contributed by atoms with Gasteiger partial charge in [-0.1, -0.05) is 45.1 Å². The summed E-state index contributed by atoms with van der Waals surface area (Å²) in [5.74, 6) is -0.768. The zero-order chi connectivity index (χ0) is 16.6. The average Bonchev–Trinajstić information content (AvgIpc) is 2.50. The number of rotatable bonds is 14. The first-order valence-corrected chi connectivity index (χ1v) is 8.58. The Morgan fingerprint density at radius 2 is 1.68 bits per heavy atom. The van der Waals surface area contributed by atoms with E-state index in [2.05, 4.69) is 6.58 Å². The molecule has 0 aliphatic rings. The Kier molecular flexibility index (Phi) is 13.7. The van der Waals surface area contributed by atoms with Gasteiger partial charge in [-0.15, -0.1) is 6.58 Å². The molecule has 128 valence electrons. The standard InChI is InChI=1S/C18H32O4/c1-4-6-8-9-10-11-12-13-14-17(19)22-16(3)18(20)21-15-7-5-2/h4,16H,1,5-15H2,2-3H3. The van der Waals surface area contributed by atoms with E-state index in [9.17, 15) is 9.59 Å². The third kappa shape index (κ3) is 12.4. The molecule has 22 heavy (non-hydrogen) atoms. The molecule has 1 unspecified atom stereocenters. The van der Waals surface area contributed by atoms with Gasteiger partial charge in [0, 0.05) is 6.42 Å². The molecule has 0 aromatic heterocycles. The molecule has 0 amide bonds. The molecule has 4 nitrogen and oxygen atoms in total. The van der Waals surface area contributed by atoms with E-state index in [1.807, 2.05) is 13.0 Å². The summed E-state index contributed by atoms with van der Waals surface area (Å²) in [6, 6.07) is 0. The van der Waals surface area contributed by atoms with Crippen molar-refractivity contribution in [2.24, 2.45) is 0 Å². The highest BCUT2D eigenvalue weighted by molar-refractivity contribution is 5.78. The molecular formula is C18H32O4. The van der Waals surface area contributed by atoms with Crippen LogP contribution in [0.4, 0.5) is 0 Å². The third-order valence-corrected chi connectivity index (χ3v) is 3.42. The fourth-order valence-electron chi connectivity index (χ4n) is 2.00. The number of unbranched alkanes of at least 4 members (excludes halogenated alkanes) is 7. The number of carbonyl (C=O) groups is 2. The lowest BCUT2D eigenvalue weighted by atomic mass is 10.1. The van der Waals surface area contributed by atoms with Crippen LogP contribution in [0.1, 0.15) is 78.1 Å². The molecule has 0 heterocycles. The van der Waals surface area contributed by atoms with Crippen molar-refractivity contribution in [2.75, 3.05) is 6.61 Å². The smallest absolute Gasteiger partial charge is 0.347 e. The van der Waals surface area contributed by atoms with Crippen molar-refractivity contribution >= 4 is 11.9 Å². The number of hydrogen-bond acceptors (Lipinski definition) is 4. The van der Waals surface area contributed by atoms with Crippen molar-refractivity contribution < 1.29 is 19.1 Å². The molecule has 0 radical (unpaired) electrons. The van der Waals surface area contributed by atoms with Crippen molar-refractivity contribution in [3.05, 3.63) is 12.7 Å². The zero-order valence-corrected chi connectivity index (χ0v) is 14.3. The van der Waals surface area contributed by atoms with Gasteiger partial charge in [0.2, 0.25) is 0 Å². The summed E-state index contributed by atoms with van der Waals surface area (Å²) in [5, 5.41) is 0. The molecule has 0 aromatic rings. The minimum Gasteiger partial charge on any atom is -0.463 e. The van der Waals surface area contributed by atoms with E-state index in [0.29, 0.717) is 13.0 Å². The van der Waals surface area contributed by atoms with Gasteiger partial charge in [-0.2, -0.15) is 0 Å². The van der Waals surface area contributed by atoms with E-state index in [1.165, 1.54) is 19.3 Å². The largest absolute Gasteiger partial charge is 0.463 e. The normalized spacial score (nSPS) is 11.7. The third-order valence-electron chi connectivity index (χ3n) is 3.42. The Bertz CT molecular complexity index is 312. The van der Waals surface area contributed by atoms with E-state index < -0.39 is 12.1 Å². The molecule has 1 atom stereocenters. The first kappa shape index (κ1) is 20.7. The molecule has 0 saturated heterocycles. The van der Waals surface area contributed by atoms with E-state index >= 15 is 0 Å². The highest BCUT2D eigenvalue weighted by Gasteiger charge is 2.18. The van der Waals surface area contributed by atoms with Crippen LogP contribution in [0.5, 0.6) is 0 Å². The van der Waals surface area contributed by atoms with Crippen LogP contribution in [-0.4, -0.2) is 24.6 Å². The first-order valence-electron chi connectivity index (χ1n) is 8.58. The second kappa shape index (κ2) is 14.6. The van der Waals surface area contributed by atoms with Gasteiger partial charge in [0.15, 0.2) is 6.10 Å². The van der Waals surface area contributed by atoms with E-state index in [-0.39, 0.29) is 5.97 Å². The van der Waals surface area contributed by atoms with Gasteiger partial charge in [0.25, 0.3) is 0 Å². The number of ether oxygens (including phenoxy) is 2. The van der Waals surface area contributed by atoms with Gasteiger partial charge in [-0.25, -0.2) is 4.79 Å². The van der Waals surface area contributed by atoms with Gasteiger partial charge in [-0.3, -0.25) is 4.79 Å². The van der Waals surface area contributed by atoms with Crippen LogP contribution in [-0.2, 0) is 19.1 Å². The van der Waals surface area contributed by atoms with Crippen LogP contribution in [0.2, 0.25) is 0 Å². The van der Waals surface area contributed by atoms with Crippen molar-refractivity contribution in [3.8, 4) is 0 Å². The molecular weight excluding hydrogens is 280 g/mol. The van der Waals surface area contributed by atoms with Crippen LogP contribution in [0.25, 0.3) is 0 Å². The lowest BCUT2D eigenvalue weighted by Gasteiger charge is -2.12. The summed E-state index contributed by atoms with van der Waals surface area (Å²) < 4.78 is 10.1. The zero-order valence-electron chi connectivity index (χ0n) is 14.3. The van der Waals surface area contributed by atoms with Crippen LogP contribution in [0.3, 0.4) is 0 Å². The maximum absolute atomic E-state index is 11.6. The predicted molar refractivity (Wildman–Crippen MR) is 88.6 cm³/mol. The lowest BCUT2D eigenvalue weighted by Crippen LogP contribution is -2.26. The predicted octanol–water partition coefficient (Wildman–Crippen LogP) is 4.57. The first-order chi connectivity index (χ1) is 10.6. The Morgan fingerprint density at radius 1 is 1.05 bits per heavy atom. The highest BCUT2D eigenvalue weighted by atomic mass is 16.6. The molecule has 0 rings (SSSR count). The summed E-state index contributed by atoms with van der Waals surface area (Å²) in [6.45, 7) is 7.68. The fourth-order valence-corrected chi connectivity index (χ4v) is 2.00. The SMILES string of the molecule is C=CCCCCCCCCC(=O)OC(C)C(=O)OCCCC. The van der Waals surface area contributed by atoms with Crippen LogP contribution in [0, 0.1) is 0 Å². The second-order valence-electron chi connectivity index (χ2n) is 5.60. The summed E-state index contributed by atoms with van der Waals surface area (Å²) in [5.41, 5.74) is 0. The Labute approximate surface area is 135 Å². The highest BCUT2D eigenvalue weighted by Crippen LogP contribution is 2.10. The molecule has 0 aromatic carbocycles. The topological polar surface area (TPSA) is 52.6 Å². The van der Waals surface area contributed by atoms with Gasteiger partial charge >= 0.3 is 11.9 Å². The number of esters is 2. The maximum atomic E-state index is 11.6. The minimum atomic E-state index is -0.803. The van der Waals surface area contributed by atoms with Crippen LogP contribution in [0.15, 0.2) is 12.7 Å². The quantitative estimate of drug-likeness (QED) is 0.268. The minimum absolute atomic E-state index is 0.313. The monoisotopic (exact) mass is 312 g/mol. The van der Waals surface area contributed by atoms with Crippen molar-refractivity contribution in [3.63, 3.8) is 0 Å². The molecule has 0 fully saturated rings. The molecule has 0 aliphatic carbocycles. The van der Waals surface area contributed by atoms with E-state index in [1.54, 1.807) is 6.92 Å². The maximum Gasteiger partial charge on any atom is 0.347 e. The van der Waals surface area contributed by atoms with E-state index in [0.717, 1.165) is 38.5 Å². The number of carbonyl (C=O) groups excluding carboxylic acids is 2. The Hall–Kier alpha value is -1.32. The second-order valence-corrected chi connectivity index (χ2v) is 5.60. The summed E-state index contributed by atoms with van der Waals surface area (Å²) in [4.78, 5) is 23.2. The number of allylic oxidation sites excluding steroid dienone is 1. The Morgan fingerprint density at radius 3 is 2.32 bits per heavy atom. The molecule has 0 aliphatic heterocycles. The summed E-state index contributed by atoms with van der Waals surface area (Å²) in [6.07, 6.45) is 11.0. The average molecular weight is 312 g/mol. The lowest BCUT2D eigenvalue weighted by molar-refractivity contribution is -0.166. The van der Waals surface area contributed by atoms with Gasteiger partial charge in [0.05, 0.1) is 6.61 Å². The van der Waals surface area contributed by atoms with Crippen molar-refractivity contribution in [1.29, 1.82) is 0 Å². The Balaban J connectivity index is 3.55. The van der Waals surface area contributed by atoms with Gasteiger partial charge < -0.3 is 9.47 Å². The van der Waals surface area contributed by atoms with Crippen LogP contribution < -0.4 is 0 Å². The summed E-state index contributed by atoms with van der Waals surface area (Å²) in [7, 11) is 0. The van der Waals surface area contributed by atoms with Crippen LogP contribution >= 0.6 is 0 Å². The van der Waals surface area contributed by atoms with Gasteiger partial charge in [0.1, 0.15) is 0 Å². The molecule has 0 N–H and O–H groups in total. The van der Waals surface area contributed by atoms with Crippen molar-refractivity contribution in [1.82, 2.24) is 0 Å². The molecule has 0 saturated carbocycles. The molecule has 4 heteroatoms. The molecule has 0 spiro atoms. The van der Waals surface area contributed by atoms with E-state index in [4.69, 9.17) is 9.47 Å². The fraction of sp³-hybridized carbons (Fsp3) is 0.778. The number of hydrogen-bond donors (Lipinski definition) is 0. The van der Waals surface area contributed by atoms with Crippen molar-refractivity contribution in [2.45, 2.75) is 84.2 Å².